The van der Waals surface area contributed by atoms with E-state index in [1.165, 1.54) is 6.92 Å². The fourth-order valence-electron chi connectivity index (χ4n) is 2.48. The van der Waals surface area contributed by atoms with Crippen molar-refractivity contribution in [3.05, 3.63) is 65.2 Å². The highest BCUT2D eigenvalue weighted by atomic mass is 16.5. The van der Waals surface area contributed by atoms with Gasteiger partial charge >= 0.3 is 5.97 Å². The molecule has 1 N–H and O–H groups in total. The monoisotopic (exact) mass is 383 g/mol. The first-order valence-corrected chi connectivity index (χ1v) is 9.05. The summed E-state index contributed by atoms with van der Waals surface area (Å²) in [6, 6.07) is 13.4. The van der Waals surface area contributed by atoms with Crippen LogP contribution in [-0.2, 0) is 20.9 Å². The van der Waals surface area contributed by atoms with E-state index in [1.54, 1.807) is 63.4 Å². The van der Waals surface area contributed by atoms with Crippen LogP contribution in [0, 0.1) is 5.92 Å². The Morgan fingerprint density at radius 3 is 2.25 bits per heavy atom. The molecule has 0 bridgehead atoms. The van der Waals surface area contributed by atoms with Gasteiger partial charge in [-0.25, -0.2) is 4.79 Å². The second kappa shape index (κ2) is 9.80. The highest BCUT2D eigenvalue weighted by Crippen LogP contribution is 2.15. The van der Waals surface area contributed by atoms with Crippen molar-refractivity contribution in [2.45, 2.75) is 33.5 Å². The zero-order valence-corrected chi connectivity index (χ0v) is 16.5. The number of benzene rings is 2. The van der Waals surface area contributed by atoms with Gasteiger partial charge in [0.05, 0.1) is 12.2 Å². The molecule has 0 saturated carbocycles. The first-order valence-electron chi connectivity index (χ1n) is 9.05. The van der Waals surface area contributed by atoms with E-state index in [9.17, 15) is 14.4 Å². The van der Waals surface area contributed by atoms with Crippen LogP contribution >= 0.6 is 0 Å². The van der Waals surface area contributed by atoms with Gasteiger partial charge in [-0.1, -0.05) is 26.0 Å². The second-order valence-corrected chi connectivity index (χ2v) is 6.77. The van der Waals surface area contributed by atoms with Gasteiger partial charge in [0.15, 0.2) is 6.10 Å². The molecule has 6 heteroatoms. The molecule has 148 valence electrons. The lowest BCUT2D eigenvalue weighted by molar-refractivity contribution is -0.118. The minimum absolute atomic E-state index is 0.0999. The van der Waals surface area contributed by atoms with Gasteiger partial charge in [-0.2, -0.15) is 0 Å². The maximum Gasteiger partial charge on any atom is 0.338 e. The SMILES string of the molecule is COCc1cccc(C(=O)O[C@H](C)C(=O)c2ccc(NC(=O)C(C)C)cc2)c1. The summed E-state index contributed by atoms with van der Waals surface area (Å²) in [7, 11) is 1.57. The first-order chi connectivity index (χ1) is 13.3. The van der Waals surface area contributed by atoms with Gasteiger partial charge in [-0.05, 0) is 48.9 Å². The normalized spacial score (nSPS) is 11.8. The second-order valence-electron chi connectivity index (χ2n) is 6.77. The third-order valence-corrected chi connectivity index (χ3v) is 4.09. The summed E-state index contributed by atoms with van der Waals surface area (Å²) in [5, 5.41) is 2.76. The van der Waals surface area contributed by atoms with E-state index in [4.69, 9.17) is 9.47 Å². The zero-order valence-electron chi connectivity index (χ0n) is 16.5. The molecule has 1 amide bonds. The Kier molecular flexibility index (Phi) is 7.46. The predicted octanol–water partition coefficient (Wildman–Crippen LogP) is 3.86. The molecule has 0 aromatic heterocycles. The molecule has 0 heterocycles. The van der Waals surface area contributed by atoms with Crippen LogP contribution in [0.5, 0.6) is 0 Å². The standard InChI is InChI=1S/C22H25NO5/c1-14(2)21(25)23-19-10-8-17(9-11-19)20(24)15(3)28-22(26)18-7-5-6-16(12-18)13-27-4/h5-12,14-15H,13H2,1-4H3,(H,23,25)/t15-/m1/s1. The summed E-state index contributed by atoms with van der Waals surface area (Å²) in [6.45, 7) is 5.52. The summed E-state index contributed by atoms with van der Waals surface area (Å²) in [5.74, 6) is -1.12. The van der Waals surface area contributed by atoms with Crippen LogP contribution < -0.4 is 5.32 Å². The van der Waals surface area contributed by atoms with Crippen molar-refractivity contribution in [2.75, 3.05) is 12.4 Å². The molecule has 28 heavy (non-hydrogen) atoms. The van der Waals surface area contributed by atoms with Gasteiger partial charge in [0, 0.05) is 24.3 Å². The van der Waals surface area contributed by atoms with Gasteiger partial charge in [-0.15, -0.1) is 0 Å². The third kappa shape index (κ3) is 5.76. The number of anilines is 1. The van der Waals surface area contributed by atoms with E-state index in [0.29, 0.717) is 23.4 Å². The van der Waals surface area contributed by atoms with Crippen LogP contribution in [0.2, 0.25) is 0 Å². The van der Waals surface area contributed by atoms with Crippen molar-refractivity contribution in [3.8, 4) is 0 Å². The van der Waals surface area contributed by atoms with Gasteiger partial charge < -0.3 is 14.8 Å². The number of esters is 1. The molecule has 0 aliphatic carbocycles. The molecule has 0 radical (unpaired) electrons. The molecule has 6 nitrogen and oxygen atoms in total. The largest absolute Gasteiger partial charge is 0.451 e. The fraction of sp³-hybridized carbons (Fsp3) is 0.318. The number of ether oxygens (including phenoxy) is 2. The lowest BCUT2D eigenvalue weighted by Gasteiger charge is -2.13. The van der Waals surface area contributed by atoms with Gasteiger partial charge in [0.25, 0.3) is 0 Å². The molecule has 2 aromatic rings. The minimum atomic E-state index is -0.935. The molecular formula is C22H25NO5. The Morgan fingerprint density at radius 2 is 1.64 bits per heavy atom. The Bertz CT molecular complexity index is 842. The van der Waals surface area contributed by atoms with Crippen LogP contribution in [0.3, 0.4) is 0 Å². The molecule has 1 atom stereocenters. The van der Waals surface area contributed by atoms with Crippen molar-refractivity contribution >= 4 is 23.3 Å². The lowest BCUT2D eigenvalue weighted by atomic mass is 10.1. The van der Waals surface area contributed by atoms with Crippen molar-refractivity contribution < 1.29 is 23.9 Å². The number of carbonyl (C=O) groups is 3. The Labute approximate surface area is 164 Å². The van der Waals surface area contributed by atoms with Crippen LogP contribution in [0.25, 0.3) is 0 Å². The summed E-state index contributed by atoms with van der Waals surface area (Å²) < 4.78 is 10.4. The number of ketones is 1. The predicted molar refractivity (Wildman–Crippen MR) is 106 cm³/mol. The molecule has 0 aliphatic heterocycles. The number of carbonyl (C=O) groups excluding carboxylic acids is 3. The van der Waals surface area contributed by atoms with Crippen molar-refractivity contribution in [1.82, 2.24) is 0 Å². The highest BCUT2D eigenvalue weighted by molar-refractivity contribution is 6.02. The molecule has 0 fully saturated rings. The van der Waals surface area contributed by atoms with Gasteiger partial charge in [0.1, 0.15) is 0 Å². The molecule has 0 saturated heterocycles. The van der Waals surface area contributed by atoms with E-state index in [-0.39, 0.29) is 17.6 Å². The number of hydrogen-bond acceptors (Lipinski definition) is 5. The molecule has 2 rings (SSSR count). The Hall–Kier alpha value is -2.99. The smallest absolute Gasteiger partial charge is 0.338 e. The van der Waals surface area contributed by atoms with Gasteiger partial charge in [-0.3, -0.25) is 9.59 Å². The lowest BCUT2D eigenvalue weighted by Crippen LogP contribution is -2.24. The summed E-state index contributed by atoms with van der Waals surface area (Å²) in [5.41, 5.74) is 2.21. The van der Waals surface area contributed by atoms with Crippen LogP contribution in [0.1, 0.15) is 47.1 Å². The fourth-order valence-corrected chi connectivity index (χ4v) is 2.48. The minimum Gasteiger partial charge on any atom is -0.451 e. The Morgan fingerprint density at radius 1 is 0.964 bits per heavy atom. The number of hydrogen-bond donors (Lipinski definition) is 1. The van der Waals surface area contributed by atoms with Crippen molar-refractivity contribution in [1.29, 1.82) is 0 Å². The summed E-state index contributed by atoms with van der Waals surface area (Å²) in [4.78, 5) is 36.6. The molecular weight excluding hydrogens is 358 g/mol. The van der Waals surface area contributed by atoms with Gasteiger partial charge in [0.2, 0.25) is 11.7 Å². The average Bonchev–Trinajstić information content (AvgIpc) is 2.68. The van der Waals surface area contributed by atoms with E-state index in [1.807, 2.05) is 6.07 Å². The summed E-state index contributed by atoms with van der Waals surface area (Å²) >= 11 is 0. The van der Waals surface area contributed by atoms with Crippen LogP contribution in [0.4, 0.5) is 5.69 Å². The van der Waals surface area contributed by atoms with Crippen molar-refractivity contribution in [3.63, 3.8) is 0 Å². The quantitative estimate of drug-likeness (QED) is 0.553. The molecule has 0 spiro atoms. The number of methoxy groups -OCH3 is 1. The highest BCUT2D eigenvalue weighted by Gasteiger charge is 2.20. The summed E-state index contributed by atoms with van der Waals surface area (Å²) in [6.07, 6.45) is -0.935. The molecule has 0 unspecified atom stereocenters. The number of Topliss-reactive ketones (excluding diaryl/α,β-unsaturated/α-hetero) is 1. The molecule has 2 aromatic carbocycles. The first kappa shape index (κ1) is 21.3. The topological polar surface area (TPSA) is 81.7 Å². The molecule has 0 aliphatic rings. The number of nitrogens with one attached hydrogen (secondary N) is 1. The van der Waals surface area contributed by atoms with E-state index < -0.39 is 12.1 Å². The average molecular weight is 383 g/mol. The Balaban J connectivity index is 2.01. The van der Waals surface area contributed by atoms with E-state index >= 15 is 0 Å². The van der Waals surface area contributed by atoms with E-state index in [0.717, 1.165) is 5.56 Å². The number of rotatable bonds is 8. The van der Waals surface area contributed by atoms with Crippen LogP contribution in [0.15, 0.2) is 48.5 Å². The maximum absolute atomic E-state index is 12.5. The van der Waals surface area contributed by atoms with Crippen molar-refractivity contribution in [2.24, 2.45) is 5.92 Å². The van der Waals surface area contributed by atoms with Crippen LogP contribution in [-0.4, -0.2) is 30.9 Å². The third-order valence-electron chi connectivity index (χ3n) is 4.09. The maximum atomic E-state index is 12.5. The number of amides is 1. The zero-order chi connectivity index (χ0) is 20.7. The van der Waals surface area contributed by atoms with E-state index in [2.05, 4.69) is 5.32 Å².